The molecule has 9 heteroatoms. The normalized spacial score (nSPS) is 17.4. The van der Waals surface area contributed by atoms with Gasteiger partial charge in [0.05, 0.1) is 49.0 Å². The van der Waals surface area contributed by atoms with E-state index in [2.05, 4.69) is 51.1 Å². The minimum absolute atomic E-state index is 0.0296. The van der Waals surface area contributed by atoms with Crippen molar-refractivity contribution in [2.45, 2.75) is 13.5 Å². The summed E-state index contributed by atoms with van der Waals surface area (Å²) in [7, 11) is 0. The second-order valence-corrected chi connectivity index (χ2v) is 10.1. The van der Waals surface area contributed by atoms with Gasteiger partial charge in [-0.1, -0.05) is 13.0 Å². The molecule has 0 spiro atoms. The van der Waals surface area contributed by atoms with Gasteiger partial charge in [-0.3, -0.25) is 9.88 Å². The summed E-state index contributed by atoms with van der Waals surface area (Å²) in [6.45, 7) is 8.74. The molecule has 37 heavy (non-hydrogen) atoms. The van der Waals surface area contributed by atoms with E-state index in [4.69, 9.17) is 14.5 Å². The Hall–Kier alpha value is -4.00. The maximum absolute atomic E-state index is 9.66. The third-order valence-corrected chi connectivity index (χ3v) is 7.06. The Morgan fingerprint density at radius 2 is 1.95 bits per heavy atom. The fraction of sp³-hybridized carbons (Fsp3) is 0.357. The molecule has 0 N–H and O–H groups in total. The smallest absolute Gasteiger partial charge is 0.138 e. The molecule has 0 saturated carbocycles. The SMILES string of the molecule is CC1(COc2cc(-c3ccc(N4CCN(Cc5ccccn5)CC4)nc3)c3c(C#N)cnn3c2)COC1. The number of rotatable bonds is 7. The van der Waals surface area contributed by atoms with Crippen LogP contribution in [0.25, 0.3) is 16.6 Å². The van der Waals surface area contributed by atoms with Crippen molar-refractivity contribution in [2.24, 2.45) is 5.41 Å². The van der Waals surface area contributed by atoms with Crippen LogP contribution in [0.15, 0.2) is 61.2 Å². The number of aromatic nitrogens is 4. The van der Waals surface area contributed by atoms with E-state index < -0.39 is 0 Å². The molecule has 0 bridgehead atoms. The highest BCUT2D eigenvalue weighted by Crippen LogP contribution is 2.33. The molecule has 2 aliphatic rings. The largest absolute Gasteiger partial charge is 0.491 e. The van der Waals surface area contributed by atoms with Crippen LogP contribution in [-0.4, -0.2) is 70.5 Å². The summed E-state index contributed by atoms with van der Waals surface area (Å²) in [6.07, 6.45) is 7.15. The second kappa shape index (κ2) is 9.81. The summed E-state index contributed by atoms with van der Waals surface area (Å²) in [6, 6.07) is 14.4. The minimum Gasteiger partial charge on any atom is -0.491 e. The van der Waals surface area contributed by atoms with Crippen LogP contribution in [0, 0.1) is 16.7 Å². The van der Waals surface area contributed by atoms with Crippen LogP contribution in [-0.2, 0) is 11.3 Å². The van der Waals surface area contributed by atoms with E-state index in [0.717, 1.165) is 60.9 Å². The monoisotopic (exact) mass is 495 g/mol. The Labute approximate surface area is 215 Å². The summed E-state index contributed by atoms with van der Waals surface area (Å²) < 4.78 is 13.2. The Kier molecular flexibility index (Phi) is 6.20. The molecular weight excluding hydrogens is 466 g/mol. The summed E-state index contributed by atoms with van der Waals surface area (Å²) in [4.78, 5) is 14.0. The number of nitriles is 1. The van der Waals surface area contributed by atoms with Crippen molar-refractivity contribution in [3.05, 3.63) is 72.4 Å². The lowest BCUT2D eigenvalue weighted by Gasteiger charge is -2.37. The van der Waals surface area contributed by atoms with Crippen molar-refractivity contribution < 1.29 is 9.47 Å². The van der Waals surface area contributed by atoms with Gasteiger partial charge in [-0.2, -0.15) is 10.4 Å². The molecule has 9 nitrogen and oxygen atoms in total. The molecule has 0 aromatic carbocycles. The van der Waals surface area contributed by atoms with Crippen LogP contribution in [0.5, 0.6) is 5.75 Å². The first kappa shape index (κ1) is 23.4. The lowest BCUT2D eigenvalue weighted by atomic mass is 9.90. The molecule has 2 saturated heterocycles. The topological polar surface area (TPSA) is 91.8 Å². The Balaban J connectivity index is 1.19. The van der Waals surface area contributed by atoms with Crippen LogP contribution in [0.4, 0.5) is 5.82 Å². The van der Waals surface area contributed by atoms with Crippen molar-refractivity contribution in [2.75, 3.05) is 50.9 Å². The fourth-order valence-corrected chi connectivity index (χ4v) is 4.86. The van der Waals surface area contributed by atoms with Gasteiger partial charge >= 0.3 is 0 Å². The number of anilines is 1. The third-order valence-electron chi connectivity index (χ3n) is 7.06. The molecule has 0 radical (unpaired) electrons. The first-order chi connectivity index (χ1) is 18.1. The van der Waals surface area contributed by atoms with Gasteiger partial charge < -0.3 is 14.4 Å². The van der Waals surface area contributed by atoms with Crippen LogP contribution in [0.1, 0.15) is 18.2 Å². The molecule has 2 aliphatic heterocycles. The second-order valence-electron chi connectivity index (χ2n) is 10.1. The predicted octanol–water partition coefficient (Wildman–Crippen LogP) is 3.40. The van der Waals surface area contributed by atoms with Gasteiger partial charge in [0, 0.05) is 61.7 Å². The van der Waals surface area contributed by atoms with Crippen molar-refractivity contribution >= 4 is 11.3 Å². The minimum atomic E-state index is 0.0296. The van der Waals surface area contributed by atoms with Crippen LogP contribution < -0.4 is 9.64 Å². The van der Waals surface area contributed by atoms with Gasteiger partial charge in [0.2, 0.25) is 0 Å². The zero-order valence-corrected chi connectivity index (χ0v) is 20.9. The van der Waals surface area contributed by atoms with Crippen molar-refractivity contribution in [3.63, 3.8) is 0 Å². The zero-order chi connectivity index (χ0) is 25.2. The average Bonchev–Trinajstić information content (AvgIpc) is 3.35. The lowest BCUT2D eigenvalue weighted by molar-refractivity contribution is -0.120. The summed E-state index contributed by atoms with van der Waals surface area (Å²) in [5.41, 5.74) is 4.20. The van der Waals surface area contributed by atoms with Gasteiger partial charge in [0.15, 0.2) is 0 Å². The van der Waals surface area contributed by atoms with Gasteiger partial charge in [-0.25, -0.2) is 9.50 Å². The zero-order valence-electron chi connectivity index (χ0n) is 20.9. The molecule has 0 aliphatic carbocycles. The van der Waals surface area contributed by atoms with Gasteiger partial charge in [-0.15, -0.1) is 0 Å². The van der Waals surface area contributed by atoms with Crippen LogP contribution in [0.3, 0.4) is 0 Å². The number of piperazine rings is 1. The molecule has 0 amide bonds. The molecule has 188 valence electrons. The standard InChI is InChI=1S/C28H29N7O2/c1-28(18-36-19-28)20-37-24-12-25(27-22(13-29)15-32-35(27)17-24)21-5-6-26(31-14-21)34-10-8-33(9-11-34)16-23-4-2-3-7-30-23/h2-7,12,14-15,17H,8-11,16,18-20H2,1H3. The Morgan fingerprint density at radius 1 is 1.08 bits per heavy atom. The molecule has 0 atom stereocenters. The van der Waals surface area contributed by atoms with E-state index in [1.807, 2.05) is 36.8 Å². The fourth-order valence-electron chi connectivity index (χ4n) is 4.86. The van der Waals surface area contributed by atoms with Crippen LogP contribution >= 0.6 is 0 Å². The molecule has 4 aromatic rings. The predicted molar refractivity (Wildman–Crippen MR) is 139 cm³/mol. The van der Waals surface area contributed by atoms with Gasteiger partial charge in [-0.05, 0) is 30.3 Å². The van der Waals surface area contributed by atoms with E-state index in [-0.39, 0.29) is 5.41 Å². The number of pyridine rings is 3. The van der Waals surface area contributed by atoms with Crippen LogP contribution in [0.2, 0.25) is 0 Å². The van der Waals surface area contributed by atoms with Crippen molar-refractivity contribution in [3.8, 4) is 22.9 Å². The number of hydrogen-bond donors (Lipinski definition) is 0. The maximum Gasteiger partial charge on any atom is 0.138 e. The first-order valence-corrected chi connectivity index (χ1v) is 12.6. The van der Waals surface area contributed by atoms with E-state index >= 15 is 0 Å². The molecular formula is C28H29N7O2. The number of nitrogens with zero attached hydrogens (tertiary/aromatic N) is 7. The summed E-state index contributed by atoms with van der Waals surface area (Å²) in [5.74, 6) is 1.66. The quantitative estimate of drug-likeness (QED) is 0.385. The average molecular weight is 496 g/mol. The van der Waals surface area contributed by atoms with E-state index in [9.17, 15) is 5.26 Å². The van der Waals surface area contributed by atoms with E-state index in [1.54, 1.807) is 10.7 Å². The molecule has 6 heterocycles. The molecule has 6 rings (SSSR count). The highest BCUT2D eigenvalue weighted by Gasteiger charge is 2.34. The number of ether oxygens (including phenoxy) is 2. The summed E-state index contributed by atoms with van der Waals surface area (Å²) >= 11 is 0. The highest BCUT2D eigenvalue weighted by molar-refractivity contribution is 5.85. The molecule has 0 unspecified atom stereocenters. The maximum atomic E-state index is 9.66. The highest BCUT2D eigenvalue weighted by atomic mass is 16.5. The number of hydrogen-bond acceptors (Lipinski definition) is 8. The summed E-state index contributed by atoms with van der Waals surface area (Å²) in [5, 5.41) is 14.1. The van der Waals surface area contributed by atoms with Gasteiger partial charge in [0.25, 0.3) is 0 Å². The molecule has 2 fully saturated rings. The first-order valence-electron chi connectivity index (χ1n) is 12.6. The Morgan fingerprint density at radius 3 is 2.62 bits per heavy atom. The van der Waals surface area contributed by atoms with Crippen molar-refractivity contribution in [1.29, 1.82) is 5.26 Å². The lowest BCUT2D eigenvalue weighted by Crippen LogP contribution is -2.46. The van der Waals surface area contributed by atoms with Crippen molar-refractivity contribution in [1.82, 2.24) is 24.5 Å². The third kappa shape index (κ3) is 4.86. The Bertz CT molecular complexity index is 1420. The van der Waals surface area contributed by atoms with Gasteiger partial charge in [0.1, 0.15) is 17.6 Å². The number of fused-ring (bicyclic) bond motifs is 1. The van der Waals surface area contributed by atoms with E-state index in [0.29, 0.717) is 31.1 Å². The van der Waals surface area contributed by atoms with E-state index in [1.165, 1.54) is 0 Å². The molecule has 4 aromatic heterocycles.